The van der Waals surface area contributed by atoms with Crippen molar-refractivity contribution in [1.82, 2.24) is 0 Å². The van der Waals surface area contributed by atoms with Gasteiger partial charge in [-0.25, -0.2) is 0 Å². The molecule has 2 heteroatoms. The van der Waals surface area contributed by atoms with E-state index in [1.54, 1.807) is 0 Å². The summed E-state index contributed by atoms with van der Waals surface area (Å²) in [6.07, 6.45) is 1.75. The van der Waals surface area contributed by atoms with E-state index < -0.39 is 6.10 Å². The molecule has 2 nitrogen and oxygen atoms in total. The van der Waals surface area contributed by atoms with Crippen molar-refractivity contribution >= 4 is 5.78 Å². The van der Waals surface area contributed by atoms with E-state index >= 15 is 0 Å². The van der Waals surface area contributed by atoms with E-state index in [4.69, 9.17) is 0 Å². The van der Waals surface area contributed by atoms with Crippen LogP contribution in [0.15, 0.2) is 0 Å². The molecular formula is C11H22O2. The van der Waals surface area contributed by atoms with Gasteiger partial charge in [0.25, 0.3) is 0 Å². The highest BCUT2D eigenvalue weighted by Crippen LogP contribution is 2.19. The van der Waals surface area contributed by atoms with E-state index in [2.05, 4.69) is 0 Å². The minimum Gasteiger partial charge on any atom is -0.392 e. The fraction of sp³-hybridized carbons (Fsp3) is 0.909. The lowest BCUT2D eigenvalue weighted by molar-refractivity contribution is -0.127. The number of carbonyl (C=O) groups excluding carboxylic acids is 1. The molecule has 0 rings (SSSR count). The highest BCUT2D eigenvalue weighted by molar-refractivity contribution is 5.81. The first-order chi connectivity index (χ1) is 6.04. The fourth-order valence-corrected chi connectivity index (χ4v) is 1.56. The molecule has 1 N–H and O–H groups in total. The maximum Gasteiger partial charge on any atom is 0.138 e. The Bertz CT molecular complexity index is 152. The molecule has 0 aliphatic carbocycles. The van der Waals surface area contributed by atoms with Crippen LogP contribution in [0.2, 0.25) is 0 Å². The van der Waals surface area contributed by atoms with Crippen LogP contribution in [0.3, 0.4) is 0 Å². The number of Topliss-reactive ketones (excluding diaryl/α,β-unsaturated/α-hetero) is 1. The lowest BCUT2D eigenvalue weighted by atomic mass is 9.86. The SMILES string of the molecule is CCCC(=O)[C@@H](CC)[C@@H](O)C(C)C. The van der Waals surface area contributed by atoms with Gasteiger partial charge in [0.15, 0.2) is 0 Å². The Morgan fingerprint density at radius 3 is 2.15 bits per heavy atom. The normalized spacial score (nSPS) is 15.8. The van der Waals surface area contributed by atoms with Crippen molar-refractivity contribution in [1.29, 1.82) is 0 Å². The summed E-state index contributed by atoms with van der Waals surface area (Å²) in [7, 11) is 0. The molecule has 0 saturated heterocycles. The Balaban J connectivity index is 4.23. The molecule has 0 bridgehead atoms. The number of hydrogen-bond acceptors (Lipinski definition) is 2. The van der Waals surface area contributed by atoms with Crippen LogP contribution in [0.4, 0.5) is 0 Å². The molecule has 0 spiro atoms. The minimum absolute atomic E-state index is 0.153. The van der Waals surface area contributed by atoms with E-state index in [1.807, 2.05) is 27.7 Å². The molecule has 78 valence electrons. The van der Waals surface area contributed by atoms with Crippen molar-refractivity contribution in [3.63, 3.8) is 0 Å². The summed E-state index contributed by atoms with van der Waals surface area (Å²) in [6, 6.07) is 0. The van der Waals surface area contributed by atoms with Crippen LogP contribution >= 0.6 is 0 Å². The first kappa shape index (κ1) is 12.6. The predicted molar refractivity (Wildman–Crippen MR) is 54.5 cm³/mol. The van der Waals surface area contributed by atoms with E-state index in [1.165, 1.54) is 0 Å². The van der Waals surface area contributed by atoms with E-state index in [9.17, 15) is 9.90 Å². The molecule has 0 fully saturated rings. The fourth-order valence-electron chi connectivity index (χ4n) is 1.56. The third-order valence-electron chi connectivity index (χ3n) is 2.45. The molecule has 2 atom stereocenters. The smallest absolute Gasteiger partial charge is 0.138 e. The summed E-state index contributed by atoms with van der Waals surface area (Å²) in [5.41, 5.74) is 0. The van der Waals surface area contributed by atoms with Gasteiger partial charge >= 0.3 is 0 Å². The van der Waals surface area contributed by atoms with Crippen molar-refractivity contribution in [2.45, 2.75) is 53.1 Å². The van der Waals surface area contributed by atoms with Crippen molar-refractivity contribution in [3.8, 4) is 0 Å². The minimum atomic E-state index is -0.468. The monoisotopic (exact) mass is 186 g/mol. The van der Waals surface area contributed by atoms with Gasteiger partial charge in [-0.1, -0.05) is 27.7 Å². The maximum absolute atomic E-state index is 11.6. The topological polar surface area (TPSA) is 37.3 Å². The molecule has 0 aromatic heterocycles. The molecular weight excluding hydrogens is 164 g/mol. The van der Waals surface area contributed by atoms with Gasteiger partial charge in [0, 0.05) is 12.3 Å². The van der Waals surface area contributed by atoms with Crippen LogP contribution in [0, 0.1) is 11.8 Å². The van der Waals surface area contributed by atoms with Crippen molar-refractivity contribution in [2.24, 2.45) is 11.8 Å². The van der Waals surface area contributed by atoms with Gasteiger partial charge in [0.05, 0.1) is 6.10 Å². The van der Waals surface area contributed by atoms with Crippen LogP contribution in [0.1, 0.15) is 47.0 Å². The third-order valence-corrected chi connectivity index (χ3v) is 2.45. The third kappa shape index (κ3) is 3.90. The van der Waals surface area contributed by atoms with Crippen LogP contribution in [0.25, 0.3) is 0 Å². The van der Waals surface area contributed by atoms with Gasteiger partial charge in [-0.2, -0.15) is 0 Å². The summed E-state index contributed by atoms with van der Waals surface area (Å²) in [6.45, 7) is 7.86. The van der Waals surface area contributed by atoms with Gasteiger partial charge in [0.2, 0.25) is 0 Å². The molecule has 0 amide bonds. The number of ketones is 1. The molecule has 0 aliphatic rings. The molecule has 0 unspecified atom stereocenters. The molecule has 0 radical (unpaired) electrons. The number of hydrogen-bond donors (Lipinski definition) is 1. The average Bonchev–Trinajstić information content (AvgIpc) is 2.05. The lowest BCUT2D eigenvalue weighted by Crippen LogP contribution is -2.31. The summed E-state index contributed by atoms with van der Waals surface area (Å²) >= 11 is 0. The zero-order chi connectivity index (χ0) is 10.4. The van der Waals surface area contributed by atoms with E-state index in [0.29, 0.717) is 6.42 Å². The van der Waals surface area contributed by atoms with E-state index in [0.717, 1.165) is 12.8 Å². The second kappa shape index (κ2) is 6.14. The molecule has 0 aliphatic heterocycles. The summed E-state index contributed by atoms with van der Waals surface area (Å²) in [4.78, 5) is 11.6. The Morgan fingerprint density at radius 2 is 1.85 bits per heavy atom. The number of carbonyl (C=O) groups is 1. The predicted octanol–water partition coefficient (Wildman–Crippen LogP) is 2.40. The average molecular weight is 186 g/mol. The molecule has 0 heterocycles. The van der Waals surface area contributed by atoms with Crippen LogP contribution in [-0.2, 0) is 4.79 Å². The molecule has 0 aromatic carbocycles. The number of rotatable bonds is 6. The summed E-state index contributed by atoms with van der Waals surface area (Å²) in [5.74, 6) is 0.233. The first-order valence-corrected chi connectivity index (χ1v) is 5.25. The molecule has 0 aromatic rings. The van der Waals surface area contributed by atoms with E-state index in [-0.39, 0.29) is 17.6 Å². The van der Waals surface area contributed by atoms with Gasteiger partial charge in [-0.05, 0) is 18.8 Å². The van der Waals surface area contributed by atoms with Gasteiger partial charge < -0.3 is 5.11 Å². The molecule has 0 saturated carbocycles. The van der Waals surface area contributed by atoms with Crippen molar-refractivity contribution in [3.05, 3.63) is 0 Å². The van der Waals surface area contributed by atoms with Gasteiger partial charge in [-0.15, -0.1) is 0 Å². The summed E-state index contributed by atoms with van der Waals surface area (Å²) in [5, 5.41) is 9.76. The summed E-state index contributed by atoms with van der Waals surface area (Å²) < 4.78 is 0. The van der Waals surface area contributed by atoms with Crippen molar-refractivity contribution < 1.29 is 9.90 Å². The Hall–Kier alpha value is -0.370. The van der Waals surface area contributed by atoms with Gasteiger partial charge in [0.1, 0.15) is 5.78 Å². The quantitative estimate of drug-likeness (QED) is 0.691. The highest BCUT2D eigenvalue weighted by atomic mass is 16.3. The number of aliphatic hydroxyl groups excluding tert-OH is 1. The highest BCUT2D eigenvalue weighted by Gasteiger charge is 2.26. The second-order valence-corrected chi connectivity index (χ2v) is 3.97. The number of aliphatic hydroxyl groups is 1. The van der Waals surface area contributed by atoms with Crippen molar-refractivity contribution in [2.75, 3.05) is 0 Å². The van der Waals surface area contributed by atoms with Gasteiger partial charge in [-0.3, -0.25) is 4.79 Å². The Kier molecular flexibility index (Phi) is 5.97. The zero-order valence-corrected chi connectivity index (χ0v) is 9.21. The van der Waals surface area contributed by atoms with Crippen LogP contribution in [0.5, 0.6) is 0 Å². The lowest BCUT2D eigenvalue weighted by Gasteiger charge is -2.23. The maximum atomic E-state index is 11.6. The standard InChI is InChI=1S/C11H22O2/c1-5-7-10(12)9(6-2)11(13)8(3)4/h8-9,11,13H,5-7H2,1-4H3/t9-,11+/m1/s1. The molecule has 13 heavy (non-hydrogen) atoms. The van der Waals surface area contributed by atoms with Crippen LogP contribution in [-0.4, -0.2) is 17.0 Å². The second-order valence-electron chi connectivity index (χ2n) is 3.97. The zero-order valence-electron chi connectivity index (χ0n) is 9.21. The Morgan fingerprint density at radius 1 is 1.31 bits per heavy atom. The largest absolute Gasteiger partial charge is 0.392 e. The Labute approximate surface area is 81.3 Å². The first-order valence-electron chi connectivity index (χ1n) is 5.25. The van der Waals surface area contributed by atoms with Crippen LogP contribution < -0.4 is 0 Å².